The Kier molecular flexibility index (Phi) is 3.09. The Bertz CT molecular complexity index is 499. The summed E-state index contributed by atoms with van der Waals surface area (Å²) in [5.74, 6) is -0.835. The van der Waals surface area contributed by atoms with Crippen molar-refractivity contribution < 1.29 is 8.78 Å². The molecule has 1 N–H and O–H groups in total. The van der Waals surface area contributed by atoms with Crippen molar-refractivity contribution >= 4 is 27.4 Å². The zero-order valence-electron chi connectivity index (χ0n) is 7.92. The van der Waals surface area contributed by atoms with Gasteiger partial charge in [-0.3, -0.25) is 0 Å². The lowest BCUT2D eigenvalue weighted by Crippen LogP contribution is -1.95. The summed E-state index contributed by atoms with van der Waals surface area (Å²) in [5.41, 5.74) is 0.295. The average Bonchev–Trinajstić information content (AvgIpc) is 2.15. The molecular weight excluding hydrogens is 280 g/mol. The quantitative estimate of drug-likeness (QED) is 0.861. The fraction of sp³-hybridized carbons (Fsp3) is 0. The zero-order chi connectivity index (χ0) is 11.5. The van der Waals surface area contributed by atoms with Crippen LogP contribution < -0.4 is 5.32 Å². The van der Waals surface area contributed by atoms with E-state index in [9.17, 15) is 8.78 Å². The van der Waals surface area contributed by atoms with Gasteiger partial charge >= 0.3 is 0 Å². The second-order valence-electron chi connectivity index (χ2n) is 3.01. The summed E-state index contributed by atoms with van der Waals surface area (Å²) in [6.45, 7) is 0. The van der Waals surface area contributed by atoms with Gasteiger partial charge in [0.2, 0.25) is 0 Å². The molecule has 0 bridgehead atoms. The topological polar surface area (TPSA) is 37.8 Å². The molecule has 0 radical (unpaired) electrons. The van der Waals surface area contributed by atoms with E-state index in [1.54, 1.807) is 6.07 Å². The van der Waals surface area contributed by atoms with Crippen LogP contribution in [0.1, 0.15) is 0 Å². The minimum Gasteiger partial charge on any atom is -0.340 e. The van der Waals surface area contributed by atoms with E-state index in [4.69, 9.17) is 0 Å². The summed E-state index contributed by atoms with van der Waals surface area (Å²) in [5, 5.41) is 2.77. The summed E-state index contributed by atoms with van der Waals surface area (Å²) in [7, 11) is 0. The van der Waals surface area contributed by atoms with Crippen molar-refractivity contribution in [2.75, 3.05) is 5.32 Å². The smallest absolute Gasteiger partial charge is 0.134 e. The summed E-state index contributed by atoms with van der Waals surface area (Å²) in [4.78, 5) is 7.73. The number of hydrogen-bond donors (Lipinski definition) is 1. The molecule has 16 heavy (non-hydrogen) atoms. The molecule has 6 heteroatoms. The second kappa shape index (κ2) is 4.52. The number of benzene rings is 1. The maximum Gasteiger partial charge on any atom is 0.134 e. The van der Waals surface area contributed by atoms with Crippen molar-refractivity contribution in [3.63, 3.8) is 0 Å². The third-order valence-corrected chi connectivity index (χ3v) is 2.20. The van der Waals surface area contributed by atoms with Gasteiger partial charge in [0.15, 0.2) is 0 Å². The minimum absolute atomic E-state index is 0.295. The van der Waals surface area contributed by atoms with Crippen LogP contribution in [0.4, 0.5) is 20.3 Å². The van der Waals surface area contributed by atoms with Gasteiger partial charge in [0, 0.05) is 17.8 Å². The Labute approximate surface area is 98.7 Å². The monoisotopic (exact) mass is 285 g/mol. The van der Waals surface area contributed by atoms with Gasteiger partial charge in [-0.15, -0.1) is 0 Å². The van der Waals surface area contributed by atoms with Crippen LogP contribution in [0.5, 0.6) is 0 Å². The first-order valence-corrected chi connectivity index (χ1v) is 5.13. The number of nitrogens with one attached hydrogen (secondary N) is 1. The maximum absolute atomic E-state index is 12.9. The number of aromatic nitrogens is 2. The Hall–Kier alpha value is -1.56. The van der Waals surface area contributed by atoms with E-state index in [2.05, 4.69) is 31.2 Å². The largest absolute Gasteiger partial charge is 0.340 e. The Morgan fingerprint density at radius 3 is 2.31 bits per heavy atom. The van der Waals surface area contributed by atoms with Gasteiger partial charge in [-0.2, -0.15) is 0 Å². The molecule has 0 saturated heterocycles. The Morgan fingerprint density at radius 1 is 1.00 bits per heavy atom. The zero-order valence-corrected chi connectivity index (χ0v) is 9.50. The van der Waals surface area contributed by atoms with Crippen LogP contribution in [0.25, 0.3) is 0 Å². The average molecular weight is 286 g/mol. The van der Waals surface area contributed by atoms with E-state index < -0.39 is 11.6 Å². The first kappa shape index (κ1) is 10.9. The third-order valence-electron chi connectivity index (χ3n) is 1.77. The van der Waals surface area contributed by atoms with Crippen LogP contribution in [0.3, 0.4) is 0 Å². The highest BCUT2D eigenvalue weighted by Crippen LogP contribution is 2.18. The van der Waals surface area contributed by atoms with Gasteiger partial charge in [-0.25, -0.2) is 18.7 Å². The van der Waals surface area contributed by atoms with Crippen LogP contribution in [-0.4, -0.2) is 9.97 Å². The molecule has 1 aromatic carbocycles. The lowest BCUT2D eigenvalue weighted by molar-refractivity contribution is 0.584. The number of nitrogens with zero attached hydrogens (tertiary/aromatic N) is 2. The predicted molar refractivity (Wildman–Crippen MR) is 59.4 cm³/mol. The van der Waals surface area contributed by atoms with Gasteiger partial charge in [0.25, 0.3) is 0 Å². The van der Waals surface area contributed by atoms with Gasteiger partial charge in [0.1, 0.15) is 28.4 Å². The molecule has 0 unspecified atom stereocenters. The van der Waals surface area contributed by atoms with Crippen LogP contribution in [0.15, 0.2) is 35.2 Å². The molecule has 0 spiro atoms. The maximum atomic E-state index is 12.9. The normalized spacial score (nSPS) is 10.2. The van der Waals surface area contributed by atoms with E-state index in [-0.39, 0.29) is 0 Å². The van der Waals surface area contributed by atoms with Crippen LogP contribution in [0, 0.1) is 11.6 Å². The molecule has 0 aliphatic heterocycles. The summed E-state index contributed by atoms with van der Waals surface area (Å²) < 4.78 is 26.4. The lowest BCUT2D eigenvalue weighted by Gasteiger charge is -2.05. The van der Waals surface area contributed by atoms with Gasteiger partial charge < -0.3 is 5.32 Å². The Balaban J connectivity index is 2.27. The van der Waals surface area contributed by atoms with Crippen molar-refractivity contribution in [3.8, 4) is 0 Å². The SMILES string of the molecule is Fc1cc(F)cc(Nc2cc(Br)ncn2)c1. The summed E-state index contributed by atoms with van der Waals surface area (Å²) in [6.07, 6.45) is 1.34. The first-order valence-electron chi connectivity index (χ1n) is 4.34. The highest BCUT2D eigenvalue weighted by Gasteiger charge is 2.02. The lowest BCUT2D eigenvalue weighted by atomic mass is 10.3. The molecule has 0 atom stereocenters. The molecule has 0 saturated carbocycles. The summed E-state index contributed by atoms with van der Waals surface area (Å²) in [6, 6.07) is 4.77. The van der Waals surface area contributed by atoms with Crippen molar-refractivity contribution in [2.24, 2.45) is 0 Å². The van der Waals surface area contributed by atoms with Crippen molar-refractivity contribution in [1.82, 2.24) is 9.97 Å². The molecule has 2 rings (SSSR count). The number of rotatable bonds is 2. The Morgan fingerprint density at radius 2 is 1.69 bits per heavy atom. The van der Waals surface area contributed by atoms with Crippen molar-refractivity contribution in [3.05, 3.63) is 46.8 Å². The second-order valence-corrected chi connectivity index (χ2v) is 3.82. The molecule has 3 nitrogen and oxygen atoms in total. The molecule has 1 heterocycles. The fourth-order valence-corrected chi connectivity index (χ4v) is 1.48. The van der Waals surface area contributed by atoms with Crippen LogP contribution in [-0.2, 0) is 0 Å². The number of hydrogen-bond acceptors (Lipinski definition) is 3. The third kappa shape index (κ3) is 2.73. The van der Waals surface area contributed by atoms with Crippen LogP contribution >= 0.6 is 15.9 Å². The highest BCUT2D eigenvalue weighted by atomic mass is 79.9. The van der Waals surface area contributed by atoms with Gasteiger partial charge in [-0.05, 0) is 28.1 Å². The van der Waals surface area contributed by atoms with Gasteiger partial charge in [0.05, 0.1) is 0 Å². The van der Waals surface area contributed by atoms with E-state index in [1.165, 1.54) is 18.5 Å². The molecule has 1 aromatic heterocycles. The van der Waals surface area contributed by atoms with Gasteiger partial charge in [-0.1, -0.05) is 0 Å². The predicted octanol–water partition coefficient (Wildman–Crippen LogP) is 3.26. The van der Waals surface area contributed by atoms with Crippen LogP contribution in [0.2, 0.25) is 0 Å². The van der Waals surface area contributed by atoms with Crippen molar-refractivity contribution in [2.45, 2.75) is 0 Å². The first-order chi connectivity index (χ1) is 7.63. The molecular formula is C10H6BrF2N3. The van der Waals surface area contributed by atoms with E-state index in [0.717, 1.165) is 6.07 Å². The van der Waals surface area contributed by atoms with Crippen molar-refractivity contribution in [1.29, 1.82) is 0 Å². The molecule has 0 fully saturated rings. The summed E-state index contributed by atoms with van der Waals surface area (Å²) >= 11 is 3.17. The number of halogens is 3. The molecule has 0 amide bonds. The van der Waals surface area contributed by atoms with E-state index >= 15 is 0 Å². The highest BCUT2D eigenvalue weighted by molar-refractivity contribution is 9.10. The standard InChI is InChI=1S/C10H6BrF2N3/c11-9-4-10(15-5-14-9)16-8-2-6(12)1-7(13)3-8/h1-5H,(H,14,15,16). The molecule has 2 aromatic rings. The fourth-order valence-electron chi connectivity index (χ4n) is 1.18. The van der Waals surface area contributed by atoms with E-state index in [0.29, 0.717) is 16.1 Å². The molecule has 0 aliphatic carbocycles. The van der Waals surface area contributed by atoms with E-state index in [1.807, 2.05) is 0 Å². The molecule has 82 valence electrons. The molecule has 0 aliphatic rings. The number of anilines is 2. The minimum atomic E-state index is -0.643.